The van der Waals surface area contributed by atoms with Crippen LogP contribution in [0, 0.1) is 0 Å². The number of hydrogen-bond acceptors (Lipinski definition) is 2. The van der Waals surface area contributed by atoms with E-state index in [0.717, 1.165) is 55.1 Å². The molecule has 2 N–H and O–H groups in total. The Bertz CT molecular complexity index is 675. The van der Waals surface area contributed by atoms with Crippen molar-refractivity contribution >= 4 is 10.8 Å². The summed E-state index contributed by atoms with van der Waals surface area (Å²) in [5, 5.41) is 8.94. The average Bonchev–Trinajstić information content (AvgIpc) is 2.79. The van der Waals surface area contributed by atoms with E-state index in [9.17, 15) is 4.79 Å². The normalized spacial score (nSPS) is 18.7. The van der Waals surface area contributed by atoms with Crippen molar-refractivity contribution in [2.75, 3.05) is 13.1 Å². The van der Waals surface area contributed by atoms with Crippen LogP contribution in [0.2, 0.25) is 0 Å². The summed E-state index contributed by atoms with van der Waals surface area (Å²) in [5.74, 6) is 0. The van der Waals surface area contributed by atoms with E-state index in [1.807, 2.05) is 24.3 Å². The molecule has 22 heavy (non-hydrogen) atoms. The zero-order chi connectivity index (χ0) is 14.7. The van der Waals surface area contributed by atoms with Gasteiger partial charge in [0.05, 0.1) is 30.2 Å². The quantitative estimate of drug-likeness (QED) is 0.759. The number of quaternary nitrogens is 1. The van der Waals surface area contributed by atoms with Crippen molar-refractivity contribution in [3.05, 3.63) is 40.3 Å². The van der Waals surface area contributed by atoms with Crippen LogP contribution in [-0.2, 0) is 6.42 Å². The maximum Gasteiger partial charge on any atom is 0.274 e. The molecule has 1 fully saturated rings. The van der Waals surface area contributed by atoms with Crippen molar-refractivity contribution < 1.29 is 17.7 Å². The number of nitrogens with two attached hydrogens (primary N) is 1. The molecule has 1 aliphatic rings. The van der Waals surface area contributed by atoms with Crippen LogP contribution in [-0.4, -0.2) is 22.9 Å². The van der Waals surface area contributed by atoms with Gasteiger partial charge in [-0.3, -0.25) is 4.79 Å². The lowest BCUT2D eigenvalue weighted by Crippen LogP contribution is -3.00. The highest BCUT2D eigenvalue weighted by Gasteiger charge is 2.20. The molecule has 120 valence electrons. The summed E-state index contributed by atoms with van der Waals surface area (Å²) in [5.41, 5.74) is 1.15. The summed E-state index contributed by atoms with van der Waals surface area (Å²) in [6.45, 7) is 4.42. The van der Waals surface area contributed by atoms with Gasteiger partial charge in [-0.25, -0.2) is 4.68 Å². The summed E-state index contributed by atoms with van der Waals surface area (Å²) in [6, 6.07) is 8.17. The Morgan fingerprint density at radius 2 is 2.00 bits per heavy atom. The van der Waals surface area contributed by atoms with Gasteiger partial charge in [-0.05, 0) is 25.3 Å². The number of hydrogen-bond donors (Lipinski definition) is 1. The van der Waals surface area contributed by atoms with Gasteiger partial charge in [0.15, 0.2) is 0 Å². The highest BCUT2D eigenvalue weighted by molar-refractivity contribution is 5.83. The largest absolute Gasteiger partial charge is 1.00 e. The van der Waals surface area contributed by atoms with Gasteiger partial charge in [0.1, 0.15) is 0 Å². The van der Waals surface area contributed by atoms with Gasteiger partial charge in [0.25, 0.3) is 5.56 Å². The number of aryl methyl sites for hydroxylation is 1. The highest BCUT2D eigenvalue weighted by Crippen LogP contribution is 2.20. The molecule has 1 aromatic heterocycles. The van der Waals surface area contributed by atoms with Gasteiger partial charge in [-0.15, -0.1) is 0 Å². The SMILES string of the molecule is CCCc1nn(C2CCC[NH2+]CC2)c(=O)c2ccccc12.[Cl-]. The van der Waals surface area contributed by atoms with E-state index in [0.29, 0.717) is 0 Å². The molecule has 0 spiro atoms. The molecule has 0 saturated carbocycles. The zero-order valence-electron chi connectivity index (χ0n) is 13.1. The van der Waals surface area contributed by atoms with Crippen molar-refractivity contribution in [3.63, 3.8) is 0 Å². The number of aromatic nitrogens is 2. The number of benzene rings is 1. The molecular weight excluding hydrogens is 298 g/mol. The lowest BCUT2D eigenvalue weighted by Gasteiger charge is -2.17. The maximum atomic E-state index is 12.8. The standard InChI is InChI=1S/C17H23N3O.ClH/c1-2-6-16-14-8-3-4-9-15(14)17(21)20(19-16)13-7-5-11-18-12-10-13;/h3-4,8-9,13,18H,2,5-7,10-12H2,1H3;1H. The third kappa shape index (κ3) is 3.33. The molecule has 0 bridgehead atoms. The molecule has 1 aliphatic heterocycles. The van der Waals surface area contributed by atoms with E-state index in [4.69, 9.17) is 5.10 Å². The molecule has 1 atom stereocenters. The van der Waals surface area contributed by atoms with Gasteiger partial charge >= 0.3 is 0 Å². The third-order valence-corrected chi connectivity index (χ3v) is 4.39. The molecule has 2 heterocycles. The van der Waals surface area contributed by atoms with Crippen LogP contribution in [0.3, 0.4) is 0 Å². The topological polar surface area (TPSA) is 51.5 Å². The lowest BCUT2D eigenvalue weighted by atomic mass is 10.1. The predicted octanol–water partition coefficient (Wildman–Crippen LogP) is -1.36. The van der Waals surface area contributed by atoms with Crippen LogP contribution in [0.15, 0.2) is 29.1 Å². The van der Waals surface area contributed by atoms with Crippen LogP contribution >= 0.6 is 0 Å². The van der Waals surface area contributed by atoms with E-state index < -0.39 is 0 Å². The molecule has 0 amide bonds. The van der Waals surface area contributed by atoms with Crippen molar-refractivity contribution in [3.8, 4) is 0 Å². The van der Waals surface area contributed by atoms with Gasteiger partial charge in [-0.2, -0.15) is 5.10 Å². The fourth-order valence-electron chi connectivity index (χ4n) is 3.28. The van der Waals surface area contributed by atoms with E-state index >= 15 is 0 Å². The van der Waals surface area contributed by atoms with Crippen LogP contribution < -0.4 is 23.3 Å². The highest BCUT2D eigenvalue weighted by atomic mass is 35.5. The minimum absolute atomic E-state index is 0. The van der Waals surface area contributed by atoms with E-state index in [1.165, 1.54) is 6.54 Å². The first kappa shape index (κ1) is 17.0. The predicted molar refractivity (Wildman–Crippen MR) is 84.5 cm³/mol. The Morgan fingerprint density at radius 1 is 1.23 bits per heavy atom. The fourth-order valence-corrected chi connectivity index (χ4v) is 3.28. The summed E-state index contributed by atoms with van der Waals surface area (Å²) >= 11 is 0. The Labute approximate surface area is 137 Å². The fraction of sp³-hybridized carbons (Fsp3) is 0.529. The summed E-state index contributed by atoms with van der Waals surface area (Å²) in [6.07, 6.45) is 5.24. The summed E-state index contributed by atoms with van der Waals surface area (Å²) in [7, 11) is 0. The lowest BCUT2D eigenvalue weighted by molar-refractivity contribution is -0.653. The van der Waals surface area contributed by atoms with Gasteiger partial charge in [0, 0.05) is 11.8 Å². The van der Waals surface area contributed by atoms with Gasteiger partial charge in [-0.1, -0.05) is 31.5 Å². The Morgan fingerprint density at radius 3 is 2.77 bits per heavy atom. The summed E-state index contributed by atoms with van der Waals surface area (Å²) < 4.78 is 1.78. The monoisotopic (exact) mass is 321 g/mol. The average molecular weight is 322 g/mol. The second-order valence-electron chi connectivity index (χ2n) is 5.94. The van der Waals surface area contributed by atoms with E-state index in [2.05, 4.69) is 12.2 Å². The third-order valence-electron chi connectivity index (χ3n) is 4.39. The zero-order valence-corrected chi connectivity index (χ0v) is 13.9. The Balaban J connectivity index is 0.00000176. The molecule has 1 aromatic carbocycles. The van der Waals surface area contributed by atoms with Gasteiger partial charge in [0.2, 0.25) is 0 Å². The van der Waals surface area contributed by atoms with Crippen molar-refractivity contribution in [1.82, 2.24) is 9.78 Å². The Kier molecular flexibility index (Phi) is 5.98. The maximum absolute atomic E-state index is 12.8. The minimum atomic E-state index is 0. The molecule has 4 nitrogen and oxygen atoms in total. The molecule has 3 rings (SSSR count). The van der Waals surface area contributed by atoms with Crippen LogP contribution in [0.4, 0.5) is 0 Å². The van der Waals surface area contributed by atoms with Crippen molar-refractivity contribution in [2.45, 2.75) is 45.1 Å². The molecular formula is C17H24ClN3O. The van der Waals surface area contributed by atoms with Crippen LogP contribution in [0.1, 0.15) is 44.3 Å². The first-order valence-corrected chi connectivity index (χ1v) is 8.13. The second kappa shape index (κ2) is 7.75. The molecule has 0 aliphatic carbocycles. The first-order chi connectivity index (χ1) is 10.3. The van der Waals surface area contributed by atoms with E-state index in [-0.39, 0.29) is 24.0 Å². The smallest absolute Gasteiger partial charge is 0.274 e. The molecule has 1 unspecified atom stereocenters. The number of rotatable bonds is 3. The molecule has 1 saturated heterocycles. The van der Waals surface area contributed by atoms with E-state index in [1.54, 1.807) is 4.68 Å². The summed E-state index contributed by atoms with van der Waals surface area (Å²) in [4.78, 5) is 12.8. The van der Waals surface area contributed by atoms with Gasteiger partial charge < -0.3 is 17.7 Å². The van der Waals surface area contributed by atoms with Crippen molar-refractivity contribution in [1.29, 1.82) is 0 Å². The number of fused-ring (bicyclic) bond motifs is 1. The molecule has 2 aromatic rings. The number of halogens is 1. The van der Waals surface area contributed by atoms with Crippen LogP contribution in [0.25, 0.3) is 10.8 Å². The molecule has 5 heteroatoms. The Hall–Kier alpha value is -1.39. The van der Waals surface area contributed by atoms with Crippen molar-refractivity contribution in [2.24, 2.45) is 0 Å². The first-order valence-electron chi connectivity index (χ1n) is 8.13. The minimum Gasteiger partial charge on any atom is -1.00 e. The van der Waals surface area contributed by atoms with Crippen LogP contribution in [0.5, 0.6) is 0 Å². The molecule has 0 radical (unpaired) electrons. The number of nitrogens with zero attached hydrogens (tertiary/aromatic N) is 2. The second-order valence-corrected chi connectivity index (χ2v) is 5.94.